The predicted octanol–water partition coefficient (Wildman–Crippen LogP) is 2.85. The average molecular weight is 369 g/mol. The largest absolute Gasteiger partial charge is 0.398 e. The van der Waals surface area contributed by atoms with E-state index < -0.39 is 0 Å². The van der Waals surface area contributed by atoms with Gasteiger partial charge in [-0.3, -0.25) is 5.10 Å². The van der Waals surface area contributed by atoms with Crippen molar-refractivity contribution in [1.29, 1.82) is 0 Å². The van der Waals surface area contributed by atoms with E-state index in [4.69, 9.17) is 5.73 Å². The van der Waals surface area contributed by atoms with E-state index in [1.54, 1.807) is 0 Å². The van der Waals surface area contributed by atoms with Crippen LogP contribution < -0.4 is 16.4 Å². The van der Waals surface area contributed by atoms with Gasteiger partial charge < -0.3 is 21.5 Å². The summed E-state index contributed by atoms with van der Waals surface area (Å²) in [5.41, 5.74) is 10.2. The molecule has 0 fully saturated rings. The Labute approximate surface area is 158 Å². The van der Waals surface area contributed by atoms with Crippen LogP contribution in [0.4, 0.5) is 17.5 Å². The quantitative estimate of drug-likeness (QED) is 0.387. The Morgan fingerprint density at radius 1 is 1.19 bits per heavy atom. The number of nitrogens with one attached hydrogen (secondary N) is 3. The zero-order chi connectivity index (χ0) is 19.4. The number of fused-ring (bicyclic) bond motifs is 1. The second-order valence-electron chi connectivity index (χ2n) is 6.87. The molecule has 3 aromatic rings. The Kier molecular flexibility index (Phi) is 5.75. The molecular weight excluding hydrogens is 342 g/mol. The zero-order valence-electron chi connectivity index (χ0n) is 16.0. The minimum atomic E-state index is -0.102. The van der Waals surface area contributed by atoms with Crippen molar-refractivity contribution in [2.24, 2.45) is 0 Å². The molecule has 0 aliphatic carbocycles. The molecule has 1 aromatic carbocycles. The smallest absolute Gasteiger partial charge is 0.225 e. The van der Waals surface area contributed by atoms with Gasteiger partial charge in [0.15, 0.2) is 11.3 Å². The molecule has 0 saturated heterocycles. The number of nitrogen functional groups attached to an aromatic ring is 1. The van der Waals surface area contributed by atoms with E-state index in [0.717, 1.165) is 28.9 Å². The Morgan fingerprint density at radius 3 is 2.63 bits per heavy atom. The molecule has 0 aliphatic heterocycles. The normalized spacial score (nSPS) is 12.5. The van der Waals surface area contributed by atoms with Crippen molar-refractivity contribution in [2.75, 3.05) is 23.0 Å². The standard InChI is InChI=1S/C19H27N7O/c1-4-13(10-27)22-19-23-16-15(11(2)3)25-26-17(16)18(24-19)21-9-12-7-5-6-8-14(12)20/h5-8,11,13,27H,4,9-10,20H2,1-3H3,(H,25,26)(H2,21,22,23,24)/t13-/m0/s1. The lowest BCUT2D eigenvalue weighted by Gasteiger charge is -2.15. The fourth-order valence-corrected chi connectivity index (χ4v) is 2.84. The summed E-state index contributed by atoms with van der Waals surface area (Å²) in [4.78, 5) is 9.22. The van der Waals surface area contributed by atoms with Gasteiger partial charge in [-0.2, -0.15) is 10.1 Å². The number of nitrogens with zero attached hydrogens (tertiary/aromatic N) is 3. The van der Waals surface area contributed by atoms with Crippen LogP contribution in [0.2, 0.25) is 0 Å². The molecule has 3 rings (SSSR count). The molecule has 8 heteroatoms. The molecule has 0 unspecified atom stereocenters. The molecule has 0 aliphatic rings. The van der Waals surface area contributed by atoms with E-state index in [-0.39, 0.29) is 18.6 Å². The van der Waals surface area contributed by atoms with Gasteiger partial charge in [0.25, 0.3) is 0 Å². The first-order valence-electron chi connectivity index (χ1n) is 9.24. The second-order valence-corrected chi connectivity index (χ2v) is 6.87. The van der Waals surface area contributed by atoms with Crippen LogP contribution in [-0.4, -0.2) is 37.9 Å². The number of hydrogen-bond acceptors (Lipinski definition) is 7. The van der Waals surface area contributed by atoms with E-state index in [9.17, 15) is 5.11 Å². The molecule has 6 N–H and O–H groups in total. The molecule has 0 bridgehead atoms. The molecule has 0 spiro atoms. The van der Waals surface area contributed by atoms with Gasteiger partial charge >= 0.3 is 0 Å². The average Bonchev–Trinajstić information content (AvgIpc) is 3.09. The Bertz CT molecular complexity index is 902. The Balaban J connectivity index is 1.97. The van der Waals surface area contributed by atoms with Gasteiger partial charge in [0.2, 0.25) is 5.95 Å². The number of benzene rings is 1. The van der Waals surface area contributed by atoms with Crippen LogP contribution in [0.5, 0.6) is 0 Å². The van der Waals surface area contributed by atoms with Gasteiger partial charge in [-0.05, 0) is 24.0 Å². The second kappa shape index (κ2) is 8.22. The van der Waals surface area contributed by atoms with Gasteiger partial charge in [0, 0.05) is 12.2 Å². The molecule has 8 nitrogen and oxygen atoms in total. The van der Waals surface area contributed by atoms with Crippen LogP contribution >= 0.6 is 0 Å². The number of aliphatic hydroxyl groups is 1. The first kappa shape index (κ1) is 18.9. The summed E-state index contributed by atoms with van der Waals surface area (Å²) in [5, 5.41) is 23.5. The van der Waals surface area contributed by atoms with Crippen LogP contribution in [0.15, 0.2) is 24.3 Å². The van der Waals surface area contributed by atoms with Gasteiger partial charge in [-0.25, -0.2) is 4.98 Å². The summed E-state index contributed by atoms with van der Waals surface area (Å²) >= 11 is 0. The van der Waals surface area contributed by atoms with E-state index in [0.29, 0.717) is 23.8 Å². The SMILES string of the molecule is CC[C@@H](CO)Nc1nc(NCc2ccccc2N)c2n[nH]c(C(C)C)c2n1. The molecule has 144 valence electrons. The van der Waals surface area contributed by atoms with Gasteiger partial charge in [-0.1, -0.05) is 39.0 Å². The fourth-order valence-electron chi connectivity index (χ4n) is 2.84. The maximum Gasteiger partial charge on any atom is 0.225 e. The van der Waals surface area contributed by atoms with Crippen molar-refractivity contribution in [1.82, 2.24) is 20.2 Å². The highest BCUT2D eigenvalue weighted by molar-refractivity contribution is 5.88. The van der Waals surface area contributed by atoms with Gasteiger partial charge in [0.1, 0.15) is 5.52 Å². The highest BCUT2D eigenvalue weighted by Crippen LogP contribution is 2.27. The minimum absolute atomic E-state index is 0.0175. The van der Waals surface area contributed by atoms with E-state index in [1.807, 2.05) is 31.2 Å². The summed E-state index contributed by atoms with van der Waals surface area (Å²) in [7, 11) is 0. The zero-order valence-corrected chi connectivity index (χ0v) is 16.0. The van der Waals surface area contributed by atoms with E-state index in [2.05, 4.69) is 44.6 Å². The summed E-state index contributed by atoms with van der Waals surface area (Å²) in [6.45, 7) is 6.72. The van der Waals surface area contributed by atoms with Crippen LogP contribution in [0.25, 0.3) is 11.0 Å². The first-order valence-corrected chi connectivity index (χ1v) is 9.24. The molecule has 0 radical (unpaired) electrons. The summed E-state index contributed by atoms with van der Waals surface area (Å²) in [6, 6.07) is 7.61. The van der Waals surface area contributed by atoms with Gasteiger partial charge in [0.05, 0.1) is 18.3 Å². The molecule has 1 atom stereocenters. The summed E-state index contributed by atoms with van der Waals surface area (Å²) in [6.07, 6.45) is 0.767. The maximum atomic E-state index is 9.49. The number of rotatable bonds is 8. The lowest BCUT2D eigenvalue weighted by molar-refractivity contribution is 0.271. The molecule has 0 amide bonds. The van der Waals surface area contributed by atoms with Crippen LogP contribution in [0.3, 0.4) is 0 Å². The van der Waals surface area contributed by atoms with Crippen molar-refractivity contribution in [3.8, 4) is 0 Å². The monoisotopic (exact) mass is 369 g/mol. The van der Waals surface area contributed by atoms with Crippen molar-refractivity contribution in [3.05, 3.63) is 35.5 Å². The number of aromatic amines is 1. The lowest BCUT2D eigenvalue weighted by atomic mass is 10.1. The fraction of sp³-hybridized carbons (Fsp3) is 0.421. The number of aliphatic hydroxyl groups excluding tert-OH is 1. The number of nitrogens with two attached hydrogens (primary N) is 1. The molecule has 2 heterocycles. The number of aromatic nitrogens is 4. The van der Waals surface area contributed by atoms with Crippen molar-refractivity contribution in [3.63, 3.8) is 0 Å². The number of hydrogen-bond donors (Lipinski definition) is 5. The number of para-hydroxylation sites is 1. The summed E-state index contributed by atoms with van der Waals surface area (Å²) in [5.74, 6) is 1.34. The highest BCUT2D eigenvalue weighted by Gasteiger charge is 2.18. The molecule has 0 saturated carbocycles. The van der Waals surface area contributed by atoms with Gasteiger partial charge in [-0.15, -0.1) is 0 Å². The van der Waals surface area contributed by atoms with Crippen LogP contribution in [-0.2, 0) is 6.54 Å². The third-order valence-corrected chi connectivity index (χ3v) is 4.55. The highest BCUT2D eigenvalue weighted by atomic mass is 16.3. The van der Waals surface area contributed by atoms with Crippen molar-refractivity contribution in [2.45, 2.75) is 45.7 Å². The molecule has 2 aromatic heterocycles. The van der Waals surface area contributed by atoms with Crippen LogP contribution in [0, 0.1) is 0 Å². The first-order chi connectivity index (χ1) is 13.0. The third-order valence-electron chi connectivity index (χ3n) is 4.55. The van der Waals surface area contributed by atoms with Crippen molar-refractivity contribution >= 4 is 28.5 Å². The third kappa shape index (κ3) is 4.11. The number of anilines is 3. The number of H-pyrrole nitrogens is 1. The Morgan fingerprint density at radius 2 is 1.96 bits per heavy atom. The maximum absolute atomic E-state index is 9.49. The van der Waals surface area contributed by atoms with Crippen LogP contribution in [0.1, 0.15) is 44.4 Å². The van der Waals surface area contributed by atoms with E-state index >= 15 is 0 Å². The van der Waals surface area contributed by atoms with Crippen molar-refractivity contribution < 1.29 is 5.11 Å². The molecule has 27 heavy (non-hydrogen) atoms. The summed E-state index contributed by atoms with van der Waals surface area (Å²) < 4.78 is 0. The minimum Gasteiger partial charge on any atom is -0.398 e. The van der Waals surface area contributed by atoms with E-state index in [1.165, 1.54) is 0 Å². The predicted molar refractivity (Wildman–Crippen MR) is 109 cm³/mol. The molecular formula is C19H27N7O. The Hall–Kier alpha value is -2.87. The topological polar surface area (TPSA) is 125 Å². The lowest BCUT2D eigenvalue weighted by Crippen LogP contribution is -2.24.